The van der Waals surface area contributed by atoms with Crippen LogP contribution < -0.4 is 5.32 Å². The first-order valence-corrected chi connectivity index (χ1v) is 7.37. The van der Waals surface area contributed by atoms with Crippen LogP contribution in [0.5, 0.6) is 0 Å². The number of nitrogens with one attached hydrogen (secondary N) is 1. The van der Waals surface area contributed by atoms with E-state index < -0.39 is 0 Å². The van der Waals surface area contributed by atoms with Gasteiger partial charge in [0.05, 0.1) is 17.3 Å². The van der Waals surface area contributed by atoms with Crippen LogP contribution in [0.4, 0.5) is 0 Å². The summed E-state index contributed by atoms with van der Waals surface area (Å²) in [6.07, 6.45) is 7.30. The number of nitrogens with zero attached hydrogens (tertiary/aromatic N) is 2. The summed E-state index contributed by atoms with van der Waals surface area (Å²) in [5.41, 5.74) is 0.502. The molecule has 1 fully saturated rings. The van der Waals surface area contributed by atoms with Crippen LogP contribution in [0.2, 0.25) is 0 Å². The lowest BCUT2D eigenvalue weighted by atomic mass is 9.86. The molecular weight excluding hydrogens is 254 g/mol. The minimum Gasteiger partial charge on any atom is -0.396 e. The molecule has 0 radical (unpaired) electrons. The fourth-order valence-corrected chi connectivity index (χ4v) is 2.57. The second-order valence-corrected chi connectivity index (χ2v) is 6.72. The first kappa shape index (κ1) is 15.0. The van der Waals surface area contributed by atoms with E-state index in [-0.39, 0.29) is 24.1 Å². The van der Waals surface area contributed by atoms with Crippen molar-refractivity contribution < 1.29 is 9.90 Å². The highest BCUT2D eigenvalue weighted by Crippen LogP contribution is 2.24. The lowest BCUT2D eigenvalue weighted by molar-refractivity contribution is 0.0914. The van der Waals surface area contributed by atoms with Crippen LogP contribution in [-0.4, -0.2) is 33.4 Å². The lowest BCUT2D eigenvalue weighted by Gasteiger charge is -2.27. The summed E-state index contributed by atoms with van der Waals surface area (Å²) >= 11 is 0. The Bertz CT molecular complexity index is 454. The molecule has 112 valence electrons. The van der Waals surface area contributed by atoms with Crippen LogP contribution in [-0.2, 0) is 5.54 Å². The fourth-order valence-electron chi connectivity index (χ4n) is 2.57. The van der Waals surface area contributed by atoms with E-state index in [0.717, 1.165) is 25.7 Å². The second kappa shape index (κ2) is 5.95. The Morgan fingerprint density at radius 2 is 2.05 bits per heavy atom. The van der Waals surface area contributed by atoms with Crippen LogP contribution in [0.25, 0.3) is 0 Å². The molecule has 0 aromatic carbocycles. The third-order valence-corrected chi connectivity index (χ3v) is 3.97. The van der Waals surface area contributed by atoms with Gasteiger partial charge in [0, 0.05) is 18.8 Å². The second-order valence-electron chi connectivity index (χ2n) is 6.72. The molecular formula is C15H25N3O2. The summed E-state index contributed by atoms with van der Waals surface area (Å²) < 4.78 is 1.81. The zero-order valence-electron chi connectivity index (χ0n) is 12.6. The van der Waals surface area contributed by atoms with Crippen LogP contribution in [0.3, 0.4) is 0 Å². The van der Waals surface area contributed by atoms with Crippen molar-refractivity contribution in [2.45, 2.75) is 58.0 Å². The van der Waals surface area contributed by atoms with Gasteiger partial charge in [-0.15, -0.1) is 0 Å². The molecule has 0 spiro atoms. The number of aliphatic hydroxyl groups excluding tert-OH is 1. The Hall–Kier alpha value is -1.36. The molecule has 5 heteroatoms. The number of rotatable bonds is 3. The van der Waals surface area contributed by atoms with E-state index in [4.69, 9.17) is 5.11 Å². The van der Waals surface area contributed by atoms with Gasteiger partial charge in [-0.25, -0.2) is 0 Å². The smallest absolute Gasteiger partial charge is 0.254 e. The van der Waals surface area contributed by atoms with Gasteiger partial charge < -0.3 is 10.4 Å². The summed E-state index contributed by atoms with van der Waals surface area (Å²) in [5.74, 6) is 0.361. The number of hydrogen-bond acceptors (Lipinski definition) is 3. The average molecular weight is 279 g/mol. The van der Waals surface area contributed by atoms with Crippen molar-refractivity contribution in [1.82, 2.24) is 15.1 Å². The molecule has 0 bridgehead atoms. The molecule has 5 nitrogen and oxygen atoms in total. The summed E-state index contributed by atoms with van der Waals surface area (Å²) in [4.78, 5) is 12.2. The Labute approximate surface area is 120 Å². The normalized spacial score (nSPS) is 23.6. The van der Waals surface area contributed by atoms with Crippen molar-refractivity contribution in [2.24, 2.45) is 5.92 Å². The quantitative estimate of drug-likeness (QED) is 0.888. The number of carbonyl (C=O) groups is 1. The lowest BCUT2D eigenvalue weighted by Crippen LogP contribution is -2.38. The highest BCUT2D eigenvalue weighted by atomic mass is 16.3. The maximum Gasteiger partial charge on any atom is 0.254 e. The third-order valence-electron chi connectivity index (χ3n) is 3.97. The number of carbonyl (C=O) groups excluding carboxylic acids is 1. The predicted octanol–water partition coefficient (Wildman–Crippen LogP) is 1.92. The summed E-state index contributed by atoms with van der Waals surface area (Å²) in [6, 6.07) is 0.225. The zero-order chi connectivity index (χ0) is 14.8. The molecule has 1 aromatic heterocycles. The molecule has 1 heterocycles. The zero-order valence-corrected chi connectivity index (χ0v) is 12.6. The van der Waals surface area contributed by atoms with Crippen LogP contribution in [0, 0.1) is 5.92 Å². The van der Waals surface area contributed by atoms with Crippen LogP contribution in [0.1, 0.15) is 56.8 Å². The standard InChI is InChI=1S/C15H25N3O2/c1-15(2,3)18-9-12(8-16-18)14(20)17-13-6-4-11(10-19)5-7-13/h8-9,11,13,19H,4-7,10H2,1-3H3,(H,17,20). The van der Waals surface area contributed by atoms with Gasteiger partial charge in [-0.3, -0.25) is 9.48 Å². The largest absolute Gasteiger partial charge is 0.396 e. The van der Waals surface area contributed by atoms with Crippen molar-refractivity contribution in [3.63, 3.8) is 0 Å². The van der Waals surface area contributed by atoms with Gasteiger partial charge in [-0.05, 0) is 52.4 Å². The third kappa shape index (κ3) is 3.60. The molecule has 20 heavy (non-hydrogen) atoms. The Kier molecular flexibility index (Phi) is 4.48. The summed E-state index contributed by atoms with van der Waals surface area (Å²) in [5, 5.41) is 16.4. The van der Waals surface area contributed by atoms with Crippen molar-refractivity contribution in [2.75, 3.05) is 6.61 Å². The number of amides is 1. The first-order valence-electron chi connectivity index (χ1n) is 7.37. The minimum absolute atomic E-state index is 0.0482. The average Bonchev–Trinajstić information content (AvgIpc) is 2.89. The molecule has 1 aromatic rings. The topological polar surface area (TPSA) is 67.2 Å². The minimum atomic E-state index is -0.113. The Morgan fingerprint density at radius 1 is 1.40 bits per heavy atom. The molecule has 1 aliphatic rings. The van der Waals surface area contributed by atoms with Crippen molar-refractivity contribution >= 4 is 5.91 Å². The van der Waals surface area contributed by atoms with Crippen molar-refractivity contribution in [3.05, 3.63) is 18.0 Å². The molecule has 2 N–H and O–H groups in total. The van der Waals surface area contributed by atoms with E-state index in [1.165, 1.54) is 0 Å². The van der Waals surface area contributed by atoms with E-state index in [2.05, 4.69) is 31.2 Å². The van der Waals surface area contributed by atoms with Crippen LogP contribution >= 0.6 is 0 Å². The van der Waals surface area contributed by atoms with Gasteiger partial charge in [0.15, 0.2) is 0 Å². The monoisotopic (exact) mass is 279 g/mol. The maximum atomic E-state index is 12.2. The van der Waals surface area contributed by atoms with E-state index in [1.807, 2.05) is 4.68 Å². The van der Waals surface area contributed by atoms with Gasteiger partial charge in [-0.2, -0.15) is 5.10 Å². The molecule has 1 saturated carbocycles. The van der Waals surface area contributed by atoms with Crippen molar-refractivity contribution in [1.29, 1.82) is 0 Å². The van der Waals surface area contributed by atoms with Gasteiger partial charge in [0.1, 0.15) is 0 Å². The van der Waals surface area contributed by atoms with Gasteiger partial charge in [-0.1, -0.05) is 0 Å². The summed E-state index contributed by atoms with van der Waals surface area (Å²) in [6.45, 7) is 6.42. The molecule has 0 atom stereocenters. The molecule has 1 aliphatic carbocycles. The van der Waals surface area contributed by atoms with Gasteiger partial charge in [0.2, 0.25) is 0 Å². The van der Waals surface area contributed by atoms with Crippen LogP contribution in [0.15, 0.2) is 12.4 Å². The Morgan fingerprint density at radius 3 is 2.55 bits per heavy atom. The fraction of sp³-hybridized carbons (Fsp3) is 0.733. The highest BCUT2D eigenvalue weighted by Gasteiger charge is 2.23. The molecule has 2 rings (SSSR count). The SMILES string of the molecule is CC(C)(C)n1cc(C(=O)NC2CCC(CO)CC2)cn1. The van der Waals surface area contributed by atoms with E-state index in [0.29, 0.717) is 11.5 Å². The number of aliphatic hydroxyl groups is 1. The number of hydrogen-bond donors (Lipinski definition) is 2. The van der Waals surface area contributed by atoms with Gasteiger partial charge >= 0.3 is 0 Å². The highest BCUT2D eigenvalue weighted by molar-refractivity contribution is 5.93. The van der Waals surface area contributed by atoms with Crippen molar-refractivity contribution in [3.8, 4) is 0 Å². The summed E-state index contributed by atoms with van der Waals surface area (Å²) in [7, 11) is 0. The van der Waals surface area contributed by atoms with E-state index in [9.17, 15) is 4.79 Å². The predicted molar refractivity (Wildman–Crippen MR) is 77.5 cm³/mol. The number of aromatic nitrogens is 2. The maximum absolute atomic E-state index is 12.2. The first-order chi connectivity index (χ1) is 9.40. The molecule has 0 saturated heterocycles. The Balaban J connectivity index is 1.91. The molecule has 1 amide bonds. The van der Waals surface area contributed by atoms with E-state index in [1.54, 1.807) is 12.4 Å². The van der Waals surface area contributed by atoms with E-state index >= 15 is 0 Å². The van der Waals surface area contributed by atoms with Gasteiger partial charge in [0.25, 0.3) is 5.91 Å². The molecule has 0 aliphatic heterocycles. The molecule has 0 unspecified atom stereocenters.